The fraction of sp³-hybridized carbons (Fsp3) is 0.267. The normalized spacial score (nSPS) is 13.2. The molecule has 0 fully saturated rings. The lowest BCUT2D eigenvalue weighted by molar-refractivity contribution is 0.453. The van der Waals surface area contributed by atoms with E-state index in [0.717, 1.165) is 22.7 Å². The molecule has 0 radical (unpaired) electrons. The maximum Gasteiger partial charge on any atom is 0.420 e. The molecule has 0 aliphatic carbocycles. The molecule has 0 spiro atoms. The number of nitrogens with zero attached hydrogens (tertiary/aromatic N) is 1. The highest BCUT2D eigenvalue weighted by Crippen LogP contribution is 2.26. The van der Waals surface area contributed by atoms with Crippen molar-refractivity contribution < 1.29 is 4.42 Å². The fourth-order valence-electron chi connectivity index (χ4n) is 2.36. The minimum absolute atomic E-state index is 0.153. The summed E-state index contributed by atoms with van der Waals surface area (Å²) in [5.74, 6) is -0.268. The van der Waals surface area contributed by atoms with E-state index in [9.17, 15) is 4.79 Å². The average Bonchev–Trinajstić information content (AvgIpc) is 2.74. The van der Waals surface area contributed by atoms with E-state index in [1.54, 1.807) is 4.57 Å². The van der Waals surface area contributed by atoms with Gasteiger partial charge in [-0.3, -0.25) is 4.57 Å². The van der Waals surface area contributed by atoms with Gasteiger partial charge in [-0.2, -0.15) is 0 Å². The average molecular weight is 241 g/mol. The van der Waals surface area contributed by atoms with Crippen LogP contribution >= 0.6 is 0 Å². The zero-order valence-electron chi connectivity index (χ0n) is 10.5. The Labute approximate surface area is 105 Å². The molecule has 0 amide bonds. The summed E-state index contributed by atoms with van der Waals surface area (Å²) in [5, 5.41) is 2.09. The van der Waals surface area contributed by atoms with Gasteiger partial charge >= 0.3 is 5.76 Å². The van der Waals surface area contributed by atoms with Crippen LogP contribution in [0.1, 0.15) is 26.3 Å². The van der Waals surface area contributed by atoms with E-state index in [0.29, 0.717) is 5.58 Å². The first-order chi connectivity index (χ1) is 8.72. The van der Waals surface area contributed by atoms with Crippen LogP contribution in [0.3, 0.4) is 0 Å². The van der Waals surface area contributed by atoms with Crippen LogP contribution < -0.4 is 5.76 Å². The molecular weight excluding hydrogens is 226 g/mol. The minimum atomic E-state index is -0.268. The Morgan fingerprint density at radius 2 is 2.00 bits per heavy atom. The lowest BCUT2D eigenvalue weighted by Gasteiger charge is -2.09. The summed E-state index contributed by atoms with van der Waals surface area (Å²) in [6.45, 7) is 4.10. The summed E-state index contributed by atoms with van der Waals surface area (Å²) in [4.78, 5) is 12.0. The number of hydrogen-bond donors (Lipinski definition) is 0. The van der Waals surface area contributed by atoms with Crippen molar-refractivity contribution in [1.29, 1.82) is 0 Å². The summed E-state index contributed by atoms with van der Waals surface area (Å²) in [5.41, 5.74) is 1.58. The molecule has 0 aliphatic rings. The molecule has 0 saturated carbocycles. The molecule has 0 aliphatic heterocycles. The molecule has 92 valence electrons. The molecular formula is C15H15NO2. The van der Waals surface area contributed by atoms with Crippen LogP contribution in [0.15, 0.2) is 45.6 Å². The second-order valence-corrected chi connectivity index (χ2v) is 4.63. The van der Waals surface area contributed by atoms with Gasteiger partial charge in [-0.1, -0.05) is 37.3 Å². The van der Waals surface area contributed by atoms with Crippen LogP contribution in [0.4, 0.5) is 0 Å². The lowest BCUT2D eigenvalue weighted by atomic mass is 10.1. The van der Waals surface area contributed by atoms with Crippen molar-refractivity contribution in [2.24, 2.45) is 0 Å². The first-order valence-corrected chi connectivity index (χ1v) is 6.25. The first-order valence-electron chi connectivity index (χ1n) is 6.25. The van der Waals surface area contributed by atoms with Gasteiger partial charge in [0, 0.05) is 11.4 Å². The molecule has 2 aromatic carbocycles. The van der Waals surface area contributed by atoms with E-state index in [1.165, 1.54) is 0 Å². The van der Waals surface area contributed by atoms with Crippen LogP contribution in [0.25, 0.3) is 21.9 Å². The second-order valence-electron chi connectivity index (χ2n) is 4.63. The molecule has 3 heteroatoms. The van der Waals surface area contributed by atoms with Crippen LogP contribution in [0.2, 0.25) is 0 Å². The Bertz CT molecular complexity index is 767. The quantitative estimate of drug-likeness (QED) is 0.685. The summed E-state index contributed by atoms with van der Waals surface area (Å²) in [6, 6.07) is 12.1. The number of aromatic nitrogens is 1. The number of rotatable bonds is 2. The summed E-state index contributed by atoms with van der Waals surface area (Å²) >= 11 is 0. The SMILES string of the molecule is CCC(C)n1c(=O)oc2c3ccccc3ccc21. The van der Waals surface area contributed by atoms with Gasteiger partial charge in [0.05, 0.1) is 5.52 Å². The maximum absolute atomic E-state index is 12.0. The van der Waals surface area contributed by atoms with Crippen LogP contribution in [-0.2, 0) is 0 Å². The second kappa shape index (κ2) is 4.02. The molecule has 3 rings (SSSR count). The first kappa shape index (κ1) is 11.1. The molecule has 0 bridgehead atoms. The monoisotopic (exact) mass is 241 g/mol. The van der Waals surface area contributed by atoms with Gasteiger partial charge in [-0.25, -0.2) is 4.79 Å². The number of fused-ring (bicyclic) bond motifs is 3. The zero-order valence-corrected chi connectivity index (χ0v) is 10.5. The Morgan fingerprint density at radius 1 is 1.22 bits per heavy atom. The third-order valence-electron chi connectivity index (χ3n) is 3.54. The number of oxazole rings is 1. The Hall–Kier alpha value is -2.03. The summed E-state index contributed by atoms with van der Waals surface area (Å²) in [7, 11) is 0. The molecule has 18 heavy (non-hydrogen) atoms. The highest BCUT2D eigenvalue weighted by molar-refractivity contribution is 6.02. The molecule has 3 aromatic rings. The Kier molecular flexibility index (Phi) is 2.47. The fourth-order valence-corrected chi connectivity index (χ4v) is 2.36. The van der Waals surface area contributed by atoms with Crippen molar-refractivity contribution in [3.05, 3.63) is 46.9 Å². The zero-order chi connectivity index (χ0) is 12.7. The Balaban J connectivity index is 2.45. The van der Waals surface area contributed by atoms with Gasteiger partial charge in [-0.05, 0) is 24.8 Å². The molecule has 3 nitrogen and oxygen atoms in total. The molecule has 1 atom stereocenters. The number of hydrogen-bond acceptors (Lipinski definition) is 2. The van der Waals surface area contributed by atoms with Crippen molar-refractivity contribution in [2.75, 3.05) is 0 Å². The standard InChI is InChI=1S/C15H15NO2/c1-3-10(2)16-13-9-8-11-6-4-5-7-12(11)14(13)18-15(16)17/h4-10H,3H2,1-2H3. The van der Waals surface area contributed by atoms with E-state index < -0.39 is 0 Å². The van der Waals surface area contributed by atoms with Crippen LogP contribution in [0, 0.1) is 0 Å². The molecule has 1 aromatic heterocycles. The highest BCUT2D eigenvalue weighted by atomic mass is 16.4. The van der Waals surface area contributed by atoms with E-state index in [2.05, 4.69) is 6.92 Å². The molecule has 1 heterocycles. The highest BCUT2D eigenvalue weighted by Gasteiger charge is 2.15. The van der Waals surface area contributed by atoms with E-state index >= 15 is 0 Å². The van der Waals surface area contributed by atoms with Crippen molar-refractivity contribution in [2.45, 2.75) is 26.3 Å². The van der Waals surface area contributed by atoms with E-state index in [4.69, 9.17) is 4.42 Å². The predicted molar refractivity (Wildman–Crippen MR) is 73.0 cm³/mol. The van der Waals surface area contributed by atoms with Gasteiger partial charge in [0.2, 0.25) is 0 Å². The van der Waals surface area contributed by atoms with Crippen molar-refractivity contribution in [1.82, 2.24) is 4.57 Å². The van der Waals surface area contributed by atoms with Crippen molar-refractivity contribution in [3.8, 4) is 0 Å². The summed E-state index contributed by atoms with van der Waals surface area (Å²) in [6.07, 6.45) is 0.904. The minimum Gasteiger partial charge on any atom is -0.407 e. The van der Waals surface area contributed by atoms with E-state index in [-0.39, 0.29) is 11.8 Å². The maximum atomic E-state index is 12.0. The lowest BCUT2D eigenvalue weighted by Crippen LogP contribution is -2.17. The molecule has 1 unspecified atom stereocenters. The van der Waals surface area contributed by atoms with Gasteiger partial charge in [0.15, 0.2) is 5.58 Å². The van der Waals surface area contributed by atoms with E-state index in [1.807, 2.05) is 43.3 Å². The van der Waals surface area contributed by atoms with Gasteiger partial charge in [-0.15, -0.1) is 0 Å². The third-order valence-corrected chi connectivity index (χ3v) is 3.54. The Morgan fingerprint density at radius 3 is 2.78 bits per heavy atom. The van der Waals surface area contributed by atoms with Gasteiger partial charge in [0.25, 0.3) is 0 Å². The van der Waals surface area contributed by atoms with Crippen LogP contribution in [-0.4, -0.2) is 4.57 Å². The third kappa shape index (κ3) is 1.47. The smallest absolute Gasteiger partial charge is 0.407 e. The van der Waals surface area contributed by atoms with Crippen LogP contribution in [0.5, 0.6) is 0 Å². The number of benzene rings is 2. The van der Waals surface area contributed by atoms with Gasteiger partial charge < -0.3 is 4.42 Å². The molecule has 0 saturated heterocycles. The van der Waals surface area contributed by atoms with Crippen molar-refractivity contribution in [3.63, 3.8) is 0 Å². The largest absolute Gasteiger partial charge is 0.420 e. The molecule has 0 N–H and O–H groups in total. The van der Waals surface area contributed by atoms with Crippen molar-refractivity contribution >= 4 is 21.9 Å². The van der Waals surface area contributed by atoms with Gasteiger partial charge in [0.1, 0.15) is 0 Å². The summed E-state index contributed by atoms with van der Waals surface area (Å²) < 4.78 is 7.18. The topological polar surface area (TPSA) is 35.1 Å². The predicted octanol–water partition coefficient (Wildman–Crippen LogP) is 3.72.